The molecular weight excluding hydrogens is 210 g/mol. The number of hydrogen-bond acceptors (Lipinski definition) is 2. The van der Waals surface area contributed by atoms with Gasteiger partial charge >= 0.3 is 0 Å². The maximum absolute atomic E-state index is 9.67. The number of phenols is 1. The lowest BCUT2D eigenvalue weighted by molar-refractivity contribution is 0.212. The van der Waals surface area contributed by atoms with Crippen LogP contribution in [-0.2, 0) is 6.42 Å². The quantitative estimate of drug-likeness (QED) is 0.867. The minimum atomic E-state index is 0.436. The molecule has 1 heterocycles. The van der Waals surface area contributed by atoms with Gasteiger partial charge in [-0.1, -0.05) is 12.1 Å². The van der Waals surface area contributed by atoms with Crippen LogP contribution in [0.25, 0.3) is 0 Å². The molecule has 1 aliphatic heterocycles. The second-order valence-electron chi connectivity index (χ2n) is 5.41. The highest BCUT2D eigenvalue weighted by Crippen LogP contribution is 2.23. The number of piperidine rings is 1. The average molecular weight is 233 g/mol. The third-order valence-corrected chi connectivity index (χ3v) is 3.95. The van der Waals surface area contributed by atoms with Crippen LogP contribution in [0.3, 0.4) is 0 Å². The van der Waals surface area contributed by atoms with Gasteiger partial charge in [0.2, 0.25) is 0 Å². The molecule has 1 aliphatic rings. The van der Waals surface area contributed by atoms with Crippen LogP contribution in [-0.4, -0.2) is 30.1 Å². The van der Waals surface area contributed by atoms with Crippen LogP contribution in [0.4, 0.5) is 0 Å². The van der Waals surface area contributed by atoms with Crippen molar-refractivity contribution in [3.63, 3.8) is 0 Å². The Morgan fingerprint density at radius 3 is 2.65 bits per heavy atom. The molecule has 0 aromatic heterocycles. The highest BCUT2D eigenvalue weighted by molar-refractivity contribution is 5.35. The van der Waals surface area contributed by atoms with Crippen molar-refractivity contribution in [2.75, 3.05) is 20.1 Å². The van der Waals surface area contributed by atoms with Gasteiger partial charge in [-0.3, -0.25) is 0 Å². The summed E-state index contributed by atoms with van der Waals surface area (Å²) in [5.74, 6) is 1.31. The van der Waals surface area contributed by atoms with Gasteiger partial charge in [-0.05, 0) is 75.9 Å². The molecule has 2 nitrogen and oxygen atoms in total. The molecule has 0 saturated carbocycles. The van der Waals surface area contributed by atoms with Crippen LogP contribution in [0.2, 0.25) is 0 Å². The maximum atomic E-state index is 9.67. The smallest absolute Gasteiger partial charge is 0.118 e. The number of aryl methyl sites for hydroxylation is 2. The van der Waals surface area contributed by atoms with Crippen LogP contribution in [0.5, 0.6) is 5.75 Å². The lowest BCUT2D eigenvalue weighted by Gasteiger charge is -2.28. The summed E-state index contributed by atoms with van der Waals surface area (Å²) in [7, 11) is 2.20. The molecule has 2 rings (SSSR count). The van der Waals surface area contributed by atoms with Crippen LogP contribution in [0.15, 0.2) is 18.2 Å². The predicted octanol–water partition coefficient (Wildman–Crippen LogP) is 2.98. The summed E-state index contributed by atoms with van der Waals surface area (Å²) >= 11 is 0. The number of rotatable bonds is 3. The first-order chi connectivity index (χ1) is 8.15. The fourth-order valence-corrected chi connectivity index (χ4v) is 2.53. The zero-order valence-electron chi connectivity index (χ0n) is 10.9. The molecule has 0 aliphatic carbocycles. The monoisotopic (exact) mass is 233 g/mol. The number of phenolic OH excluding ortho intramolecular Hbond substituents is 1. The maximum Gasteiger partial charge on any atom is 0.118 e. The van der Waals surface area contributed by atoms with Crippen molar-refractivity contribution in [1.29, 1.82) is 0 Å². The SMILES string of the molecule is Cc1ccc(CCC2CCN(C)CC2)cc1O. The van der Waals surface area contributed by atoms with Gasteiger partial charge in [0.25, 0.3) is 0 Å². The summed E-state index contributed by atoms with van der Waals surface area (Å²) in [4.78, 5) is 2.41. The van der Waals surface area contributed by atoms with E-state index in [1.807, 2.05) is 19.1 Å². The van der Waals surface area contributed by atoms with Crippen LogP contribution in [0, 0.1) is 12.8 Å². The van der Waals surface area contributed by atoms with Gasteiger partial charge in [0, 0.05) is 0 Å². The van der Waals surface area contributed by atoms with Gasteiger partial charge in [0.05, 0.1) is 0 Å². The Kier molecular flexibility index (Phi) is 4.06. The van der Waals surface area contributed by atoms with Gasteiger partial charge in [-0.25, -0.2) is 0 Å². The molecule has 17 heavy (non-hydrogen) atoms. The van der Waals surface area contributed by atoms with Crippen molar-refractivity contribution in [2.45, 2.75) is 32.6 Å². The van der Waals surface area contributed by atoms with Gasteiger partial charge < -0.3 is 10.0 Å². The highest BCUT2D eigenvalue weighted by Gasteiger charge is 2.16. The molecule has 1 aromatic carbocycles. The van der Waals surface area contributed by atoms with E-state index in [0.717, 1.165) is 17.9 Å². The number of nitrogens with zero attached hydrogens (tertiary/aromatic N) is 1. The summed E-state index contributed by atoms with van der Waals surface area (Å²) < 4.78 is 0. The number of aromatic hydroxyl groups is 1. The van der Waals surface area contributed by atoms with E-state index in [4.69, 9.17) is 0 Å². The lowest BCUT2D eigenvalue weighted by Crippen LogP contribution is -2.30. The van der Waals surface area contributed by atoms with Crippen molar-refractivity contribution in [3.05, 3.63) is 29.3 Å². The van der Waals surface area contributed by atoms with Crippen molar-refractivity contribution < 1.29 is 5.11 Å². The Morgan fingerprint density at radius 1 is 1.29 bits per heavy atom. The molecule has 1 saturated heterocycles. The molecule has 94 valence electrons. The molecule has 0 radical (unpaired) electrons. The first-order valence-electron chi connectivity index (χ1n) is 6.62. The van der Waals surface area contributed by atoms with E-state index in [1.165, 1.54) is 37.9 Å². The minimum absolute atomic E-state index is 0.436. The summed E-state index contributed by atoms with van der Waals surface area (Å²) in [6.07, 6.45) is 5.02. The fourth-order valence-electron chi connectivity index (χ4n) is 2.53. The average Bonchev–Trinajstić information content (AvgIpc) is 2.33. The highest BCUT2D eigenvalue weighted by atomic mass is 16.3. The minimum Gasteiger partial charge on any atom is -0.508 e. The Labute approximate surface area is 104 Å². The van der Waals surface area contributed by atoms with E-state index >= 15 is 0 Å². The van der Waals surface area contributed by atoms with Crippen LogP contribution in [0.1, 0.15) is 30.4 Å². The molecule has 1 fully saturated rings. The van der Waals surface area contributed by atoms with E-state index in [2.05, 4.69) is 18.0 Å². The Morgan fingerprint density at radius 2 is 2.00 bits per heavy atom. The first-order valence-corrected chi connectivity index (χ1v) is 6.62. The van der Waals surface area contributed by atoms with Crippen molar-refractivity contribution >= 4 is 0 Å². The summed E-state index contributed by atoms with van der Waals surface area (Å²) in [5.41, 5.74) is 2.24. The fraction of sp³-hybridized carbons (Fsp3) is 0.600. The third-order valence-electron chi connectivity index (χ3n) is 3.95. The zero-order valence-corrected chi connectivity index (χ0v) is 10.9. The molecule has 0 atom stereocenters. The van der Waals surface area contributed by atoms with Gasteiger partial charge in [0.1, 0.15) is 5.75 Å². The second-order valence-corrected chi connectivity index (χ2v) is 5.41. The normalized spacial score (nSPS) is 18.5. The molecular formula is C15H23NO. The third kappa shape index (κ3) is 3.47. The van der Waals surface area contributed by atoms with E-state index in [-0.39, 0.29) is 0 Å². The summed E-state index contributed by atoms with van der Waals surface area (Å²) in [5, 5.41) is 9.67. The molecule has 0 bridgehead atoms. The van der Waals surface area contributed by atoms with Gasteiger partial charge in [0.15, 0.2) is 0 Å². The standard InChI is InChI=1S/C15H23NO/c1-12-3-4-14(11-15(12)17)6-5-13-7-9-16(2)10-8-13/h3-4,11,13,17H,5-10H2,1-2H3. The molecule has 1 N–H and O–H groups in total. The molecule has 0 unspecified atom stereocenters. The topological polar surface area (TPSA) is 23.5 Å². The van der Waals surface area contributed by atoms with E-state index in [9.17, 15) is 5.11 Å². The van der Waals surface area contributed by atoms with Crippen molar-refractivity contribution in [2.24, 2.45) is 5.92 Å². The second kappa shape index (κ2) is 5.54. The molecule has 1 aromatic rings. The van der Waals surface area contributed by atoms with Crippen molar-refractivity contribution in [1.82, 2.24) is 4.90 Å². The molecule has 2 heteroatoms. The predicted molar refractivity (Wildman–Crippen MR) is 71.4 cm³/mol. The Bertz CT molecular complexity index is 367. The number of hydrogen-bond donors (Lipinski definition) is 1. The van der Waals surface area contributed by atoms with Crippen LogP contribution >= 0.6 is 0 Å². The summed E-state index contributed by atoms with van der Waals surface area (Å²) in [6, 6.07) is 6.08. The van der Waals surface area contributed by atoms with Crippen LogP contribution < -0.4 is 0 Å². The van der Waals surface area contributed by atoms with E-state index in [0.29, 0.717) is 5.75 Å². The molecule has 0 spiro atoms. The number of benzene rings is 1. The Balaban J connectivity index is 1.83. The Hall–Kier alpha value is -1.02. The van der Waals surface area contributed by atoms with E-state index in [1.54, 1.807) is 0 Å². The largest absolute Gasteiger partial charge is 0.508 e. The summed E-state index contributed by atoms with van der Waals surface area (Å²) in [6.45, 7) is 4.42. The van der Waals surface area contributed by atoms with E-state index < -0.39 is 0 Å². The lowest BCUT2D eigenvalue weighted by atomic mass is 9.90. The number of likely N-dealkylation sites (tertiary alicyclic amines) is 1. The van der Waals surface area contributed by atoms with Crippen molar-refractivity contribution in [3.8, 4) is 5.75 Å². The zero-order chi connectivity index (χ0) is 12.3. The van der Waals surface area contributed by atoms with Gasteiger partial charge in [-0.15, -0.1) is 0 Å². The first kappa shape index (κ1) is 12.4. The molecule has 0 amide bonds. The van der Waals surface area contributed by atoms with Gasteiger partial charge in [-0.2, -0.15) is 0 Å².